The van der Waals surface area contributed by atoms with Crippen molar-refractivity contribution in [2.24, 2.45) is 5.92 Å². The van der Waals surface area contributed by atoms with Crippen LogP contribution in [-0.4, -0.2) is 49.4 Å². The van der Waals surface area contributed by atoms with Crippen LogP contribution in [0.1, 0.15) is 37.8 Å². The molecular weight excluding hydrogens is 422 g/mol. The summed E-state index contributed by atoms with van der Waals surface area (Å²) in [6, 6.07) is 13.1. The molecule has 4 rings (SSSR count). The Bertz CT molecular complexity index is 1030. The average Bonchev–Trinajstić information content (AvgIpc) is 3.43. The van der Waals surface area contributed by atoms with Crippen LogP contribution in [-0.2, 0) is 11.3 Å². The van der Waals surface area contributed by atoms with Gasteiger partial charge in [0.05, 0.1) is 13.0 Å². The van der Waals surface area contributed by atoms with Gasteiger partial charge in [-0.1, -0.05) is 24.3 Å². The monoisotopic (exact) mass is 453 g/mol. The first-order valence-corrected chi connectivity index (χ1v) is 11.1. The number of hydrogen-bond donors (Lipinski definition) is 2. The van der Waals surface area contributed by atoms with E-state index in [1.54, 1.807) is 12.0 Å². The lowest BCUT2D eigenvalue weighted by molar-refractivity contribution is -0.125. The zero-order valence-corrected chi connectivity index (χ0v) is 19.5. The fraction of sp³-hybridized carbons (Fsp3) is 0.440. The second kappa shape index (κ2) is 9.21. The van der Waals surface area contributed by atoms with Crippen LogP contribution in [0.2, 0.25) is 0 Å². The Labute approximate surface area is 194 Å². The largest absolute Gasteiger partial charge is 0.496 e. The highest BCUT2D eigenvalue weighted by atomic mass is 16.7. The lowest BCUT2D eigenvalue weighted by atomic mass is 9.87. The van der Waals surface area contributed by atoms with Crippen molar-refractivity contribution in [2.45, 2.75) is 38.8 Å². The van der Waals surface area contributed by atoms with Gasteiger partial charge in [0.2, 0.25) is 12.7 Å². The van der Waals surface area contributed by atoms with Crippen molar-refractivity contribution in [1.29, 1.82) is 0 Å². The quantitative estimate of drug-likeness (QED) is 0.726. The van der Waals surface area contributed by atoms with Gasteiger partial charge in [-0.3, -0.25) is 4.79 Å². The second-order valence-corrected chi connectivity index (χ2v) is 9.45. The second-order valence-electron chi connectivity index (χ2n) is 9.45. The number of fused-ring (bicyclic) bond motifs is 1. The van der Waals surface area contributed by atoms with Crippen LogP contribution in [0, 0.1) is 5.92 Å². The van der Waals surface area contributed by atoms with Gasteiger partial charge >= 0.3 is 6.03 Å². The summed E-state index contributed by atoms with van der Waals surface area (Å²) in [6.07, 6.45) is 0. The van der Waals surface area contributed by atoms with E-state index in [1.807, 2.05) is 63.2 Å². The molecule has 2 atom stereocenters. The first-order chi connectivity index (χ1) is 15.7. The van der Waals surface area contributed by atoms with E-state index in [1.165, 1.54) is 0 Å². The van der Waals surface area contributed by atoms with Crippen molar-refractivity contribution in [3.05, 3.63) is 53.6 Å². The SMILES string of the molecule is COc1ccccc1[C@H]1CN(C(=O)NC(C)(C)C)C[C@@H]1C(=O)NCc1ccc2c(c1)OCO2. The number of likely N-dealkylation sites (tertiary alicyclic amines) is 1. The Kier molecular flexibility index (Phi) is 6.35. The molecular formula is C25H31N3O5. The molecule has 2 aliphatic rings. The van der Waals surface area contributed by atoms with E-state index in [0.717, 1.165) is 11.1 Å². The molecule has 0 radical (unpaired) electrons. The summed E-state index contributed by atoms with van der Waals surface area (Å²) in [5.41, 5.74) is 1.48. The highest BCUT2D eigenvalue weighted by Crippen LogP contribution is 2.38. The standard InChI is InChI=1S/C25H31N3O5/c1-25(2,3)27-24(30)28-13-18(17-7-5-6-8-20(17)31-4)19(14-28)23(29)26-12-16-9-10-21-22(11-16)33-15-32-21/h5-11,18-19H,12-15H2,1-4H3,(H,26,29)(H,27,30)/t18-,19+/m1/s1. The predicted octanol–water partition coefficient (Wildman–Crippen LogP) is 3.26. The number of nitrogens with zero attached hydrogens (tertiary/aromatic N) is 1. The minimum atomic E-state index is -0.402. The van der Waals surface area contributed by atoms with E-state index in [4.69, 9.17) is 14.2 Å². The number of ether oxygens (including phenoxy) is 3. The molecule has 1 saturated heterocycles. The van der Waals surface area contributed by atoms with Crippen LogP contribution in [0.4, 0.5) is 4.79 Å². The van der Waals surface area contributed by atoms with Crippen molar-refractivity contribution in [3.8, 4) is 17.2 Å². The molecule has 8 nitrogen and oxygen atoms in total. The maximum Gasteiger partial charge on any atom is 0.317 e. The first-order valence-electron chi connectivity index (χ1n) is 11.1. The lowest BCUT2D eigenvalue weighted by Crippen LogP contribution is -2.48. The van der Waals surface area contributed by atoms with Crippen molar-refractivity contribution in [2.75, 3.05) is 27.0 Å². The van der Waals surface area contributed by atoms with Gasteiger partial charge in [-0.05, 0) is 50.1 Å². The maximum absolute atomic E-state index is 13.3. The minimum Gasteiger partial charge on any atom is -0.496 e. The summed E-state index contributed by atoms with van der Waals surface area (Å²) in [6.45, 7) is 7.15. The maximum atomic E-state index is 13.3. The fourth-order valence-electron chi connectivity index (χ4n) is 4.29. The highest BCUT2D eigenvalue weighted by Gasteiger charge is 2.42. The topological polar surface area (TPSA) is 89.1 Å². The first kappa shape index (κ1) is 22.8. The third-order valence-corrected chi connectivity index (χ3v) is 5.87. The Morgan fingerprint density at radius 3 is 2.61 bits per heavy atom. The molecule has 2 aromatic rings. The highest BCUT2D eigenvalue weighted by molar-refractivity contribution is 5.83. The zero-order valence-electron chi connectivity index (χ0n) is 19.5. The lowest BCUT2D eigenvalue weighted by Gasteiger charge is -2.25. The molecule has 2 heterocycles. The van der Waals surface area contributed by atoms with Gasteiger partial charge < -0.3 is 29.7 Å². The van der Waals surface area contributed by atoms with Crippen molar-refractivity contribution in [3.63, 3.8) is 0 Å². The number of methoxy groups -OCH3 is 1. The Hall–Kier alpha value is -3.42. The minimum absolute atomic E-state index is 0.102. The Morgan fingerprint density at radius 2 is 1.85 bits per heavy atom. The molecule has 2 aromatic carbocycles. The zero-order chi connectivity index (χ0) is 23.6. The normalized spacial score (nSPS) is 19.3. The molecule has 0 saturated carbocycles. The van der Waals surface area contributed by atoms with Crippen LogP contribution in [0.15, 0.2) is 42.5 Å². The van der Waals surface area contributed by atoms with Crippen LogP contribution < -0.4 is 24.8 Å². The number of carbonyl (C=O) groups excluding carboxylic acids is 2. The van der Waals surface area contributed by atoms with Crippen molar-refractivity contribution >= 4 is 11.9 Å². The molecule has 3 amide bonds. The molecule has 2 N–H and O–H groups in total. The van der Waals surface area contributed by atoms with E-state index in [0.29, 0.717) is 36.9 Å². The summed E-state index contributed by atoms with van der Waals surface area (Å²) in [4.78, 5) is 27.9. The van der Waals surface area contributed by atoms with Crippen molar-refractivity contribution in [1.82, 2.24) is 15.5 Å². The van der Waals surface area contributed by atoms with Crippen LogP contribution in [0.3, 0.4) is 0 Å². The van der Waals surface area contributed by atoms with Crippen LogP contribution in [0.25, 0.3) is 0 Å². The summed E-state index contributed by atoms with van der Waals surface area (Å²) < 4.78 is 16.3. The fourth-order valence-corrected chi connectivity index (χ4v) is 4.29. The van der Waals surface area contributed by atoms with Crippen LogP contribution >= 0.6 is 0 Å². The molecule has 176 valence electrons. The number of urea groups is 1. The third-order valence-electron chi connectivity index (χ3n) is 5.87. The third kappa shape index (κ3) is 5.16. The van der Waals surface area contributed by atoms with Gasteiger partial charge in [-0.15, -0.1) is 0 Å². The Balaban J connectivity index is 1.52. The van der Waals surface area contributed by atoms with Gasteiger partial charge in [-0.25, -0.2) is 4.79 Å². The van der Waals surface area contributed by atoms with E-state index < -0.39 is 5.92 Å². The van der Waals surface area contributed by atoms with Gasteiger partial charge in [0, 0.05) is 31.1 Å². The summed E-state index contributed by atoms with van der Waals surface area (Å²) in [7, 11) is 1.62. The number of hydrogen-bond acceptors (Lipinski definition) is 5. The van der Waals surface area contributed by atoms with Gasteiger partial charge in [-0.2, -0.15) is 0 Å². The molecule has 0 bridgehead atoms. The molecule has 2 aliphatic heterocycles. The van der Waals surface area contributed by atoms with Gasteiger partial charge in [0.25, 0.3) is 0 Å². The molecule has 8 heteroatoms. The summed E-state index contributed by atoms with van der Waals surface area (Å²) >= 11 is 0. The van der Waals surface area contributed by atoms with Crippen LogP contribution in [0.5, 0.6) is 17.2 Å². The molecule has 1 fully saturated rings. The van der Waals surface area contributed by atoms with Gasteiger partial charge in [0.1, 0.15) is 5.75 Å². The van der Waals surface area contributed by atoms with E-state index >= 15 is 0 Å². The number of rotatable bonds is 5. The van der Waals surface area contributed by atoms with E-state index in [9.17, 15) is 9.59 Å². The number of benzene rings is 2. The van der Waals surface area contributed by atoms with E-state index in [2.05, 4.69) is 10.6 Å². The predicted molar refractivity (Wildman–Crippen MR) is 123 cm³/mol. The molecule has 0 unspecified atom stereocenters. The Morgan fingerprint density at radius 1 is 1.09 bits per heavy atom. The van der Waals surface area contributed by atoms with Gasteiger partial charge in [0.15, 0.2) is 11.5 Å². The number of para-hydroxylation sites is 1. The molecule has 0 aliphatic carbocycles. The number of nitrogens with one attached hydrogen (secondary N) is 2. The number of carbonyl (C=O) groups is 2. The molecule has 0 spiro atoms. The number of amides is 3. The molecule has 33 heavy (non-hydrogen) atoms. The smallest absolute Gasteiger partial charge is 0.317 e. The molecule has 0 aromatic heterocycles. The average molecular weight is 454 g/mol. The van der Waals surface area contributed by atoms with Crippen molar-refractivity contribution < 1.29 is 23.8 Å². The summed E-state index contributed by atoms with van der Waals surface area (Å²) in [5, 5.41) is 6.04. The van der Waals surface area contributed by atoms with E-state index in [-0.39, 0.29) is 30.2 Å². The summed E-state index contributed by atoms with van der Waals surface area (Å²) in [5.74, 6) is 1.42.